The Morgan fingerprint density at radius 2 is 1.84 bits per heavy atom. The number of rotatable bonds is 8. The average Bonchev–Trinajstić information content (AvgIpc) is 2.39. The summed E-state index contributed by atoms with van der Waals surface area (Å²) in [6.07, 6.45) is 3.13. The first-order chi connectivity index (χ1) is 9.03. The number of hydrogen-bond donors (Lipinski definition) is 2. The highest BCUT2D eigenvalue weighted by atomic mass is 32.2. The molecule has 0 bridgehead atoms. The van der Waals surface area contributed by atoms with E-state index in [0.29, 0.717) is 6.42 Å². The van der Waals surface area contributed by atoms with Crippen LogP contribution in [-0.2, 0) is 16.4 Å². The largest absolute Gasteiger partial charge is 0.396 e. The first-order valence-corrected chi connectivity index (χ1v) is 8.24. The second kappa shape index (κ2) is 7.62. The second-order valence-electron chi connectivity index (χ2n) is 4.63. The Morgan fingerprint density at radius 1 is 1.21 bits per heavy atom. The van der Waals surface area contributed by atoms with E-state index in [1.165, 1.54) is 0 Å². The van der Waals surface area contributed by atoms with Crippen LogP contribution in [0.15, 0.2) is 29.2 Å². The fourth-order valence-electron chi connectivity index (χ4n) is 1.95. The summed E-state index contributed by atoms with van der Waals surface area (Å²) in [4.78, 5) is 0.281. The molecule has 1 aromatic carbocycles. The van der Waals surface area contributed by atoms with Gasteiger partial charge in [0.05, 0.1) is 4.90 Å². The summed E-state index contributed by atoms with van der Waals surface area (Å²) in [5, 5.41) is 8.83. The minimum absolute atomic E-state index is 0.00730. The molecule has 1 aromatic rings. The first-order valence-electron chi connectivity index (χ1n) is 6.75. The molecule has 0 heterocycles. The smallest absolute Gasteiger partial charge is 0.240 e. The quantitative estimate of drug-likeness (QED) is 0.768. The van der Waals surface area contributed by atoms with Crippen molar-refractivity contribution in [2.45, 2.75) is 50.5 Å². The zero-order chi connectivity index (χ0) is 14.3. The lowest BCUT2D eigenvalue weighted by Crippen LogP contribution is -2.34. The van der Waals surface area contributed by atoms with Crippen LogP contribution in [0.2, 0.25) is 0 Å². The minimum Gasteiger partial charge on any atom is -0.396 e. The lowest BCUT2D eigenvalue weighted by Gasteiger charge is -2.16. The Labute approximate surface area is 115 Å². The molecule has 0 aliphatic heterocycles. The second-order valence-corrected chi connectivity index (χ2v) is 6.35. The zero-order valence-electron chi connectivity index (χ0n) is 11.6. The van der Waals surface area contributed by atoms with Crippen molar-refractivity contribution in [1.82, 2.24) is 4.72 Å². The van der Waals surface area contributed by atoms with Crippen LogP contribution < -0.4 is 4.72 Å². The predicted molar refractivity (Wildman–Crippen MR) is 76.5 cm³/mol. The molecule has 0 radical (unpaired) electrons. The standard InChI is InChI=1S/C14H23NO3S/c1-3-5-13(4-2)15-19(17,18)14-8-6-12(7-9-14)10-11-16/h6-9,13,15-16H,3-5,10-11H2,1-2H3. The maximum atomic E-state index is 12.2. The third-order valence-corrected chi connectivity index (χ3v) is 4.62. The molecule has 0 amide bonds. The molecule has 0 aliphatic carbocycles. The molecular weight excluding hydrogens is 262 g/mol. The molecule has 1 unspecified atom stereocenters. The van der Waals surface area contributed by atoms with E-state index in [0.717, 1.165) is 24.8 Å². The Kier molecular flexibility index (Phi) is 6.48. The van der Waals surface area contributed by atoms with Crippen molar-refractivity contribution >= 4 is 10.0 Å². The van der Waals surface area contributed by atoms with Crippen LogP contribution in [0.1, 0.15) is 38.7 Å². The Bertz CT molecular complexity index is 468. The van der Waals surface area contributed by atoms with Gasteiger partial charge >= 0.3 is 0 Å². The van der Waals surface area contributed by atoms with E-state index in [9.17, 15) is 8.42 Å². The third-order valence-electron chi connectivity index (χ3n) is 3.09. The molecule has 0 fully saturated rings. The number of aliphatic hydroxyl groups is 1. The van der Waals surface area contributed by atoms with Gasteiger partial charge in [0.2, 0.25) is 10.0 Å². The van der Waals surface area contributed by atoms with Gasteiger partial charge in [-0.25, -0.2) is 13.1 Å². The molecule has 4 nitrogen and oxygen atoms in total. The molecule has 1 rings (SSSR count). The molecule has 1 atom stereocenters. The van der Waals surface area contributed by atoms with Crippen LogP contribution >= 0.6 is 0 Å². The molecule has 19 heavy (non-hydrogen) atoms. The summed E-state index contributed by atoms with van der Waals surface area (Å²) in [6.45, 7) is 4.09. The molecular formula is C14H23NO3S. The monoisotopic (exact) mass is 285 g/mol. The Morgan fingerprint density at radius 3 is 2.32 bits per heavy atom. The van der Waals surface area contributed by atoms with E-state index in [1.54, 1.807) is 24.3 Å². The van der Waals surface area contributed by atoms with Crippen molar-refractivity contribution in [3.05, 3.63) is 29.8 Å². The Hall–Kier alpha value is -0.910. The fraction of sp³-hybridized carbons (Fsp3) is 0.571. The van der Waals surface area contributed by atoms with Gasteiger partial charge in [-0.1, -0.05) is 32.4 Å². The van der Waals surface area contributed by atoms with Crippen LogP contribution in [0.3, 0.4) is 0 Å². The topological polar surface area (TPSA) is 66.4 Å². The molecule has 0 saturated heterocycles. The van der Waals surface area contributed by atoms with Crippen molar-refractivity contribution in [1.29, 1.82) is 0 Å². The van der Waals surface area contributed by atoms with Crippen LogP contribution in [0.25, 0.3) is 0 Å². The maximum Gasteiger partial charge on any atom is 0.240 e. The summed E-state index contributed by atoms with van der Waals surface area (Å²) >= 11 is 0. The van der Waals surface area contributed by atoms with Crippen LogP contribution in [0.4, 0.5) is 0 Å². The van der Waals surface area contributed by atoms with Gasteiger partial charge < -0.3 is 5.11 Å². The summed E-state index contributed by atoms with van der Waals surface area (Å²) in [5.74, 6) is 0. The highest BCUT2D eigenvalue weighted by molar-refractivity contribution is 7.89. The molecule has 0 spiro atoms. The number of sulfonamides is 1. The lowest BCUT2D eigenvalue weighted by molar-refractivity contribution is 0.299. The molecule has 5 heteroatoms. The van der Waals surface area contributed by atoms with Gasteiger partial charge in [0.25, 0.3) is 0 Å². The van der Waals surface area contributed by atoms with Gasteiger partial charge in [-0.05, 0) is 37.0 Å². The van der Waals surface area contributed by atoms with Crippen LogP contribution in [-0.4, -0.2) is 26.2 Å². The van der Waals surface area contributed by atoms with Crippen molar-refractivity contribution in [3.63, 3.8) is 0 Å². The fourth-order valence-corrected chi connectivity index (χ4v) is 3.30. The SMILES string of the molecule is CCCC(CC)NS(=O)(=O)c1ccc(CCO)cc1. The highest BCUT2D eigenvalue weighted by Gasteiger charge is 2.18. The van der Waals surface area contributed by atoms with Gasteiger partial charge in [-0.15, -0.1) is 0 Å². The first kappa shape index (κ1) is 16.1. The van der Waals surface area contributed by atoms with E-state index < -0.39 is 10.0 Å². The summed E-state index contributed by atoms with van der Waals surface area (Å²) in [5.41, 5.74) is 0.932. The van der Waals surface area contributed by atoms with Gasteiger partial charge in [-0.2, -0.15) is 0 Å². The zero-order valence-corrected chi connectivity index (χ0v) is 12.4. The van der Waals surface area contributed by atoms with Crippen molar-refractivity contribution < 1.29 is 13.5 Å². The van der Waals surface area contributed by atoms with E-state index in [4.69, 9.17) is 5.11 Å². The van der Waals surface area contributed by atoms with Gasteiger partial charge in [0, 0.05) is 12.6 Å². The van der Waals surface area contributed by atoms with Gasteiger partial charge in [0.15, 0.2) is 0 Å². The molecule has 2 N–H and O–H groups in total. The lowest BCUT2D eigenvalue weighted by atomic mass is 10.1. The average molecular weight is 285 g/mol. The number of benzene rings is 1. The normalized spacial score (nSPS) is 13.4. The van der Waals surface area contributed by atoms with E-state index in [-0.39, 0.29) is 17.5 Å². The summed E-state index contributed by atoms with van der Waals surface area (Å²) in [6, 6.07) is 6.65. The third kappa shape index (κ3) is 4.93. The minimum atomic E-state index is -3.44. The summed E-state index contributed by atoms with van der Waals surface area (Å²) < 4.78 is 27.1. The van der Waals surface area contributed by atoms with E-state index in [1.807, 2.05) is 13.8 Å². The van der Waals surface area contributed by atoms with Gasteiger partial charge in [-0.3, -0.25) is 0 Å². The molecule has 0 aliphatic rings. The van der Waals surface area contributed by atoms with Crippen LogP contribution in [0, 0.1) is 0 Å². The molecule has 0 aromatic heterocycles. The summed E-state index contributed by atoms with van der Waals surface area (Å²) in [7, 11) is -3.44. The molecule has 108 valence electrons. The van der Waals surface area contributed by atoms with Crippen molar-refractivity contribution in [3.8, 4) is 0 Å². The molecule has 0 saturated carbocycles. The van der Waals surface area contributed by atoms with Gasteiger partial charge in [0.1, 0.15) is 0 Å². The van der Waals surface area contributed by atoms with E-state index in [2.05, 4.69) is 4.72 Å². The van der Waals surface area contributed by atoms with E-state index >= 15 is 0 Å². The number of aliphatic hydroxyl groups excluding tert-OH is 1. The van der Waals surface area contributed by atoms with Crippen molar-refractivity contribution in [2.24, 2.45) is 0 Å². The predicted octanol–water partition coefficient (Wildman–Crippen LogP) is 2.08. The Balaban J connectivity index is 2.81. The number of nitrogens with one attached hydrogen (secondary N) is 1. The van der Waals surface area contributed by atoms with Crippen molar-refractivity contribution in [2.75, 3.05) is 6.61 Å². The maximum absolute atomic E-state index is 12.2. The highest BCUT2D eigenvalue weighted by Crippen LogP contribution is 2.13. The van der Waals surface area contributed by atoms with Crippen LogP contribution in [0.5, 0.6) is 0 Å². The number of hydrogen-bond acceptors (Lipinski definition) is 3.